The van der Waals surface area contributed by atoms with Crippen molar-refractivity contribution in [1.29, 1.82) is 0 Å². The standard InChI is InChI=1S/C19H16N2O4S/c1-12-10-15(19(23)24-12)25-18(22)14-11-21(13-6-3-2-4-7-13)20-17(14)16-8-5-9-26-16/h2-9,11-12,15H,10H2,1H3. The van der Waals surface area contributed by atoms with Crippen molar-refractivity contribution in [1.82, 2.24) is 9.78 Å². The Kier molecular flexibility index (Phi) is 4.30. The molecule has 0 bridgehead atoms. The minimum atomic E-state index is -0.867. The Morgan fingerprint density at radius 1 is 1.27 bits per heavy atom. The number of cyclic esters (lactones) is 1. The number of hydrogen-bond acceptors (Lipinski definition) is 6. The first-order valence-electron chi connectivity index (χ1n) is 8.22. The first-order valence-corrected chi connectivity index (χ1v) is 9.10. The van der Waals surface area contributed by atoms with Crippen molar-refractivity contribution in [2.45, 2.75) is 25.6 Å². The van der Waals surface area contributed by atoms with Crippen molar-refractivity contribution < 1.29 is 19.1 Å². The minimum Gasteiger partial charge on any atom is -0.460 e. The van der Waals surface area contributed by atoms with E-state index in [9.17, 15) is 9.59 Å². The fourth-order valence-corrected chi connectivity index (χ4v) is 3.56. The molecule has 2 unspecified atom stereocenters. The lowest BCUT2D eigenvalue weighted by molar-refractivity contribution is -0.147. The van der Waals surface area contributed by atoms with Crippen molar-refractivity contribution in [2.24, 2.45) is 0 Å². The van der Waals surface area contributed by atoms with E-state index >= 15 is 0 Å². The maximum atomic E-state index is 12.7. The molecule has 3 aromatic rings. The van der Waals surface area contributed by atoms with Crippen molar-refractivity contribution >= 4 is 23.3 Å². The Labute approximate surface area is 154 Å². The monoisotopic (exact) mass is 368 g/mol. The van der Waals surface area contributed by atoms with Crippen LogP contribution in [0.5, 0.6) is 0 Å². The molecule has 0 spiro atoms. The van der Waals surface area contributed by atoms with Gasteiger partial charge in [-0.25, -0.2) is 14.3 Å². The Morgan fingerprint density at radius 2 is 2.08 bits per heavy atom. The van der Waals surface area contributed by atoms with Gasteiger partial charge in [0.15, 0.2) is 0 Å². The normalized spacial score (nSPS) is 19.3. The Balaban J connectivity index is 1.69. The molecule has 0 saturated carbocycles. The van der Waals surface area contributed by atoms with Gasteiger partial charge in [-0.15, -0.1) is 11.3 Å². The number of esters is 2. The first-order chi connectivity index (χ1) is 12.6. The fraction of sp³-hybridized carbons (Fsp3) is 0.211. The zero-order valence-corrected chi connectivity index (χ0v) is 14.8. The van der Waals surface area contributed by atoms with Crippen molar-refractivity contribution in [3.63, 3.8) is 0 Å². The van der Waals surface area contributed by atoms with E-state index in [0.29, 0.717) is 17.7 Å². The van der Waals surface area contributed by atoms with Crippen LogP contribution in [0, 0.1) is 0 Å². The fourth-order valence-electron chi connectivity index (χ4n) is 2.84. The summed E-state index contributed by atoms with van der Waals surface area (Å²) in [5.74, 6) is -1.08. The number of rotatable bonds is 4. The van der Waals surface area contributed by atoms with Gasteiger partial charge in [-0.3, -0.25) is 0 Å². The highest BCUT2D eigenvalue weighted by molar-refractivity contribution is 7.13. The van der Waals surface area contributed by atoms with Crippen LogP contribution in [0.25, 0.3) is 16.3 Å². The zero-order valence-electron chi connectivity index (χ0n) is 14.0. The summed E-state index contributed by atoms with van der Waals surface area (Å²) < 4.78 is 12.1. The average Bonchev–Trinajstić information content (AvgIpc) is 3.36. The predicted molar refractivity (Wildman–Crippen MR) is 96.3 cm³/mol. The third kappa shape index (κ3) is 3.13. The molecule has 1 aliphatic rings. The highest BCUT2D eigenvalue weighted by Crippen LogP contribution is 2.29. The summed E-state index contributed by atoms with van der Waals surface area (Å²) in [5.41, 5.74) is 1.69. The number of thiophene rings is 1. The van der Waals surface area contributed by atoms with Gasteiger partial charge in [0, 0.05) is 12.6 Å². The maximum absolute atomic E-state index is 12.7. The lowest BCUT2D eigenvalue weighted by atomic mass is 10.2. The van der Waals surface area contributed by atoms with Gasteiger partial charge in [-0.1, -0.05) is 24.3 Å². The third-order valence-electron chi connectivity index (χ3n) is 4.08. The highest BCUT2D eigenvalue weighted by atomic mass is 32.1. The maximum Gasteiger partial charge on any atom is 0.347 e. The summed E-state index contributed by atoms with van der Waals surface area (Å²) in [4.78, 5) is 25.4. The molecule has 132 valence electrons. The number of ether oxygens (including phenoxy) is 2. The van der Waals surface area contributed by atoms with Gasteiger partial charge in [0.2, 0.25) is 6.10 Å². The van der Waals surface area contributed by atoms with Crippen LogP contribution in [0.15, 0.2) is 54.0 Å². The first kappa shape index (κ1) is 16.5. The van der Waals surface area contributed by atoms with E-state index < -0.39 is 18.0 Å². The summed E-state index contributed by atoms with van der Waals surface area (Å²) in [5, 5.41) is 6.48. The molecule has 4 rings (SSSR count). The quantitative estimate of drug-likeness (QED) is 0.660. The molecule has 6 nitrogen and oxygen atoms in total. The molecule has 1 saturated heterocycles. The lowest BCUT2D eigenvalue weighted by Gasteiger charge is -2.07. The van der Waals surface area contributed by atoms with E-state index in [0.717, 1.165) is 10.6 Å². The molecule has 2 aromatic heterocycles. The van der Waals surface area contributed by atoms with E-state index in [1.165, 1.54) is 11.3 Å². The molecular formula is C19H16N2O4S. The predicted octanol–water partition coefficient (Wildman–Crippen LogP) is 3.46. The molecular weight excluding hydrogens is 352 g/mol. The summed E-state index contributed by atoms with van der Waals surface area (Å²) in [6.07, 6.45) is 0.889. The minimum absolute atomic E-state index is 0.246. The molecule has 0 aliphatic carbocycles. The second-order valence-electron chi connectivity index (χ2n) is 6.03. The third-order valence-corrected chi connectivity index (χ3v) is 4.96. The van der Waals surface area contributed by atoms with E-state index in [2.05, 4.69) is 5.10 Å². The van der Waals surface area contributed by atoms with Crippen LogP contribution in [0.4, 0.5) is 0 Å². The highest BCUT2D eigenvalue weighted by Gasteiger charge is 2.36. The molecule has 7 heteroatoms. The number of nitrogens with zero attached hydrogens (tertiary/aromatic N) is 2. The van der Waals surface area contributed by atoms with Gasteiger partial charge >= 0.3 is 11.9 Å². The molecule has 0 amide bonds. The lowest BCUT2D eigenvalue weighted by Crippen LogP contribution is -2.22. The summed E-state index contributed by atoms with van der Waals surface area (Å²) in [6.45, 7) is 1.77. The van der Waals surface area contributed by atoms with Gasteiger partial charge in [-0.05, 0) is 30.5 Å². The van der Waals surface area contributed by atoms with Gasteiger partial charge < -0.3 is 9.47 Å². The molecule has 1 fully saturated rings. The van der Waals surface area contributed by atoms with Crippen molar-refractivity contribution in [3.8, 4) is 16.3 Å². The van der Waals surface area contributed by atoms with Crippen LogP contribution in [-0.2, 0) is 14.3 Å². The van der Waals surface area contributed by atoms with Gasteiger partial charge in [0.05, 0.1) is 10.6 Å². The van der Waals surface area contributed by atoms with Crippen LogP contribution in [-0.4, -0.2) is 33.9 Å². The molecule has 2 atom stereocenters. The van der Waals surface area contributed by atoms with Crippen LogP contribution < -0.4 is 0 Å². The average molecular weight is 368 g/mol. The van der Waals surface area contributed by atoms with E-state index in [1.807, 2.05) is 47.8 Å². The summed E-state index contributed by atoms with van der Waals surface area (Å²) in [6, 6.07) is 13.3. The van der Waals surface area contributed by atoms with Crippen molar-refractivity contribution in [3.05, 3.63) is 59.6 Å². The molecule has 0 N–H and O–H groups in total. The molecule has 3 heterocycles. The summed E-state index contributed by atoms with van der Waals surface area (Å²) >= 11 is 1.48. The number of carbonyl (C=O) groups is 2. The van der Waals surface area contributed by atoms with E-state index in [1.54, 1.807) is 17.8 Å². The summed E-state index contributed by atoms with van der Waals surface area (Å²) in [7, 11) is 0. The Bertz CT molecular complexity index is 934. The topological polar surface area (TPSA) is 70.4 Å². The number of carbonyl (C=O) groups excluding carboxylic acids is 2. The van der Waals surface area contributed by atoms with Crippen LogP contribution >= 0.6 is 11.3 Å². The largest absolute Gasteiger partial charge is 0.460 e. The number of hydrogen-bond donors (Lipinski definition) is 0. The molecule has 26 heavy (non-hydrogen) atoms. The molecule has 1 aliphatic heterocycles. The second-order valence-corrected chi connectivity index (χ2v) is 6.97. The van der Waals surface area contributed by atoms with Crippen molar-refractivity contribution in [2.75, 3.05) is 0 Å². The zero-order chi connectivity index (χ0) is 18.1. The number of benzene rings is 1. The Morgan fingerprint density at radius 3 is 2.73 bits per heavy atom. The van der Waals surface area contributed by atoms with E-state index in [4.69, 9.17) is 9.47 Å². The van der Waals surface area contributed by atoms with E-state index in [-0.39, 0.29) is 6.10 Å². The number of aromatic nitrogens is 2. The van der Waals surface area contributed by atoms with Gasteiger partial charge in [0.25, 0.3) is 0 Å². The second kappa shape index (κ2) is 6.76. The van der Waals surface area contributed by atoms with Crippen LogP contribution in [0.2, 0.25) is 0 Å². The number of para-hydroxylation sites is 1. The molecule has 0 radical (unpaired) electrons. The molecule has 1 aromatic carbocycles. The Hall–Kier alpha value is -2.93. The van der Waals surface area contributed by atoms with Crippen LogP contribution in [0.3, 0.4) is 0 Å². The van der Waals surface area contributed by atoms with Crippen LogP contribution in [0.1, 0.15) is 23.7 Å². The smallest absolute Gasteiger partial charge is 0.347 e. The van der Waals surface area contributed by atoms with Gasteiger partial charge in [-0.2, -0.15) is 5.10 Å². The SMILES string of the molecule is CC1CC(OC(=O)c2cn(-c3ccccc3)nc2-c2cccs2)C(=O)O1. The van der Waals surface area contributed by atoms with Gasteiger partial charge in [0.1, 0.15) is 17.4 Å².